The minimum Gasteiger partial charge on any atom is -0.388 e. The molecular formula is C38H40N4. The monoisotopic (exact) mass is 552 g/mol. The maximum Gasteiger partial charge on any atom is 0.0873 e. The van der Waals surface area contributed by atoms with Crippen molar-refractivity contribution >= 4 is 11.4 Å². The minimum atomic E-state index is 0.00677. The summed E-state index contributed by atoms with van der Waals surface area (Å²) < 4.78 is 0. The first kappa shape index (κ1) is 30.0. The average molecular weight is 553 g/mol. The van der Waals surface area contributed by atoms with E-state index in [9.17, 15) is 0 Å². The van der Waals surface area contributed by atoms with Gasteiger partial charge in [0.25, 0.3) is 0 Å². The zero-order valence-electron chi connectivity index (χ0n) is 24.9. The molecule has 2 heterocycles. The van der Waals surface area contributed by atoms with Gasteiger partial charge in [-0.2, -0.15) is 0 Å². The highest BCUT2D eigenvalue weighted by Crippen LogP contribution is 2.29. The third-order valence-electron chi connectivity index (χ3n) is 6.94. The van der Waals surface area contributed by atoms with E-state index in [1.54, 1.807) is 0 Å². The zero-order valence-corrected chi connectivity index (χ0v) is 24.9. The van der Waals surface area contributed by atoms with E-state index in [1.165, 1.54) is 29.3 Å². The van der Waals surface area contributed by atoms with Crippen molar-refractivity contribution in [1.82, 2.24) is 10.3 Å². The van der Waals surface area contributed by atoms with Gasteiger partial charge in [-0.3, -0.25) is 4.98 Å². The summed E-state index contributed by atoms with van der Waals surface area (Å²) in [5.74, 6) is 0. The molecule has 4 nitrogen and oxygen atoms in total. The molecule has 1 aliphatic rings. The third-order valence-corrected chi connectivity index (χ3v) is 6.94. The molecule has 0 radical (unpaired) electrons. The fourth-order valence-corrected chi connectivity index (χ4v) is 4.82. The number of nitrogens with one attached hydrogen (secondary N) is 2. The van der Waals surface area contributed by atoms with Crippen LogP contribution in [0.4, 0.5) is 5.69 Å². The van der Waals surface area contributed by atoms with Gasteiger partial charge in [-0.1, -0.05) is 123 Å². The highest BCUT2D eigenvalue weighted by Gasteiger charge is 2.16. The van der Waals surface area contributed by atoms with Crippen LogP contribution < -0.4 is 16.4 Å². The molecule has 0 bridgehead atoms. The van der Waals surface area contributed by atoms with E-state index in [2.05, 4.69) is 150 Å². The summed E-state index contributed by atoms with van der Waals surface area (Å²) in [6.45, 7) is 4.00. The summed E-state index contributed by atoms with van der Waals surface area (Å²) in [5, 5.41) is 6.88. The molecule has 4 heteroatoms. The highest BCUT2D eigenvalue weighted by molar-refractivity contribution is 5.73. The van der Waals surface area contributed by atoms with Gasteiger partial charge in [0.15, 0.2) is 0 Å². The molecule has 4 N–H and O–H groups in total. The SMILES string of the molecule is CC.CN.CNc1cccc(-c2ccc(-c3cccc(C4C=CC=C(c5ccc(-c6ccccc6)cc5)N4)n3)cc2)c1. The molecule has 1 aliphatic heterocycles. The molecule has 1 aromatic heterocycles. The van der Waals surface area contributed by atoms with Crippen molar-refractivity contribution in [2.24, 2.45) is 5.73 Å². The third kappa shape index (κ3) is 7.22. The zero-order chi connectivity index (χ0) is 29.7. The maximum absolute atomic E-state index is 5.03. The van der Waals surface area contributed by atoms with Crippen molar-refractivity contribution in [1.29, 1.82) is 0 Å². The maximum atomic E-state index is 5.03. The smallest absolute Gasteiger partial charge is 0.0873 e. The number of nitrogens with zero attached hydrogens (tertiary/aromatic N) is 1. The fraction of sp³-hybridized carbons (Fsp3) is 0.132. The fourth-order valence-electron chi connectivity index (χ4n) is 4.82. The van der Waals surface area contributed by atoms with Crippen LogP contribution in [0.1, 0.15) is 31.1 Å². The van der Waals surface area contributed by atoms with Gasteiger partial charge in [0.1, 0.15) is 0 Å². The van der Waals surface area contributed by atoms with E-state index in [1.807, 2.05) is 27.0 Å². The summed E-state index contributed by atoms with van der Waals surface area (Å²) in [6.07, 6.45) is 6.40. The molecular weight excluding hydrogens is 512 g/mol. The summed E-state index contributed by atoms with van der Waals surface area (Å²) >= 11 is 0. The highest BCUT2D eigenvalue weighted by atomic mass is 15.0. The molecule has 6 rings (SSSR count). The summed E-state index contributed by atoms with van der Waals surface area (Å²) in [4.78, 5) is 5.03. The van der Waals surface area contributed by atoms with E-state index in [-0.39, 0.29) is 6.04 Å². The van der Waals surface area contributed by atoms with Gasteiger partial charge in [-0.05, 0) is 65.2 Å². The normalized spacial score (nSPS) is 13.4. The van der Waals surface area contributed by atoms with Crippen LogP contribution in [-0.4, -0.2) is 19.1 Å². The molecule has 0 fully saturated rings. The van der Waals surface area contributed by atoms with E-state index < -0.39 is 0 Å². The van der Waals surface area contributed by atoms with Gasteiger partial charge in [0.2, 0.25) is 0 Å². The van der Waals surface area contributed by atoms with Crippen molar-refractivity contribution in [3.63, 3.8) is 0 Å². The number of rotatable bonds is 6. The lowest BCUT2D eigenvalue weighted by Crippen LogP contribution is -2.21. The number of nitrogens with two attached hydrogens (primary N) is 1. The Morgan fingerprint density at radius 1 is 0.619 bits per heavy atom. The minimum absolute atomic E-state index is 0.00677. The van der Waals surface area contributed by atoms with Crippen molar-refractivity contribution < 1.29 is 0 Å². The predicted octanol–water partition coefficient (Wildman–Crippen LogP) is 8.97. The number of aromatic nitrogens is 1. The Morgan fingerprint density at radius 2 is 1.19 bits per heavy atom. The molecule has 212 valence electrons. The predicted molar refractivity (Wildman–Crippen MR) is 181 cm³/mol. The molecule has 5 aromatic rings. The van der Waals surface area contributed by atoms with Crippen LogP contribution >= 0.6 is 0 Å². The number of dihydropyridines is 1. The van der Waals surface area contributed by atoms with Crippen LogP contribution in [-0.2, 0) is 0 Å². The van der Waals surface area contributed by atoms with Crippen LogP contribution in [0.3, 0.4) is 0 Å². The Kier molecular flexibility index (Phi) is 10.9. The molecule has 0 saturated heterocycles. The standard InChI is InChI=1S/C35H29N3.C2H6.CH5N/c1-36-31-11-5-10-30(24-31)27-18-22-29(23-19-27)33-13-7-15-35(38-33)34-14-6-12-32(37-34)28-20-16-26(17-21-28)25-8-3-2-4-9-25;2*1-2/h2-24,34,36-37H,1H3;1-2H3;2H2,1H3. The molecule has 0 aliphatic carbocycles. The number of pyridine rings is 1. The lowest BCUT2D eigenvalue weighted by molar-refractivity contribution is 0.738. The Bertz CT molecular complexity index is 1600. The van der Waals surface area contributed by atoms with Crippen molar-refractivity contribution in [2.45, 2.75) is 19.9 Å². The van der Waals surface area contributed by atoms with Crippen molar-refractivity contribution in [2.75, 3.05) is 19.4 Å². The van der Waals surface area contributed by atoms with Crippen LogP contribution in [0.25, 0.3) is 39.2 Å². The van der Waals surface area contributed by atoms with Crippen LogP contribution in [0.5, 0.6) is 0 Å². The van der Waals surface area contributed by atoms with Gasteiger partial charge in [0, 0.05) is 24.0 Å². The van der Waals surface area contributed by atoms with Crippen LogP contribution in [0.2, 0.25) is 0 Å². The Balaban J connectivity index is 0.000000972. The molecule has 4 aromatic carbocycles. The second kappa shape index (κ2) is 15.2. The Labute approximate surface area is 250 Å². The van der Waals surface area contributed by atoms with Gasteiger partial charge in [-0.25, -0.2) is 0 Å². The number of anilines is 1. The molecule has 0 saturated carbocycles. The van der Waals surface area contributed by atoms with Gasteiger partial charge < -0.3 is 16.4 Å². The number of hydrogen-bond acceptors (Lipinski definition) is 4. The van der Waals surface area contributed by atoms with Crippen molar-refractivity contribution in [3.8, 4) is 33.5 Å². The first-order valence-corrected chi connectivity index (χ1v) is 14.5. The second-order valence-electron chi connectivity index (χ2n) is 9.39. The molecule has 42 heavy (non-hydrogen) atoms. The number of hydrogen-bond donors (Lipinski definition) is 3. The molecule has 1 atom stereocenters. The summed E-state index contributed by atoms with van der Waals surface area (Å²) in [5.41, 5.74) is 15.8. The Morgan fingerprint density at radius 3 is 1.88 bits per heavy atom. The van der Waals surface area contributed by atoms with Gasteiger partial charge in [0.05, 0.1) is 17.4 Å². The topological polar surface area (TPSA) is 63.0 Å². The lowest BCUT2D eigenvalue weighted by atomic mass is 10.00. The Hall–Kier alpha value is -4.93. The van der Waals surface area contributed by atoms with Crippen LogP contribution in [0, 0.1) is 0 Å². The molecule has 0 spiro atoms. The van der Waals surface area contributed by atoms with E-state index in [4.69, 9.17) is 4.98 Å². The quantitative estimate of drug-likeness (QED) is 0.197. The number of benzene rings is 4. The number of allylic oxidation sites excluding steroid dienone is 2. The van der Waals surface area contributed by atoms with E-state index >= 15 is 0 Å². The lowest BCUT2D eigenvalue weighted by Gasteiger charge is -2.22. The van der Waals surface area contributed by atoms with Gasteiger partial charge >= 0.3 is 0 Å². The molecule has 0 amide bonds. The van der Waals surface area contributed by atoms with E-state index in [0.29, 0.717) is 0 Å². The first-order chi connectivity index (χ1) is 20.8. The van der Waals surface area contributed by atoms with Crippen LogP contribution in [0.15, 0.2) is 140 Å². The average Bonchev–Trinajstić information content (AvgIpc) is 3.11. The summed E-state index contributed by atoms with van der Waals surface area (Å²) in [7, 11) is 3.44. The van der Waals surface area contributed by atoms with Gasteiger partial charge in [-0.15, -0.1) is 0 Å². The second-order valence-corrected chi connectivity index (χ2v) is 9.39. The molecule has 1 unspecified atom stereocenters. The van der Waals surface area contributed by atoms with E-state index in [0.717, 1.165) is 33.9 Å². The largest absolute Gasteiger partial charge is 0.388 e. The van der Waals surface area contributed by atoms with Crippen molar-refractivity contribution in [3.05, 3.63) is 151 Å². The summed E-state index contributed by atoms with van der Waals surface area (Å²) in [6, 6.07) is 42.5. The first-order valence-electron chi connectivity index (χ1n) is 14.5.